The van der Waals surface area contributed by atoms with E-state index in [2.05, 4.69) is 20.6 Å². The van der Waals surface area contributed by atoms with Crippen LogP contribution < -0.4 is 37.6 Å². The Morgan fingerprint density at radius 3 is 2.38 bits per heavy atom. The van der Waals surface area contributed by atoms with Crippen molar-refractivity contribution in [3.05, 3.63) is 53.6 Å². The average molecular weight is 549 g/mol. The molecule has 0 saturated carbocycles. The second-order valence-corrected chi connectivity index (χ2v) is 10.5. The molecule has 5 rings (SSSR count). The van der Waals surface area contributed by atoms with Crippen LogP contribution in [0.25, 0.3) is 0 Å². The van der Waals surface area contributed by atoms with Crippen molar-refractivity contribution in [2.24, 2.45) is 17.2 Å². The SMILES string of the molecule is Cc1ccc(C(=O)Nc2ccc(Nc3nc(N4C[C@H](N)C[C@H](N)C4)nc(N4C[C@H](O)C[C@H]4CN)n3)cc2O)cc1. The second kappa shape index (κ2) is 11.6. The van der Waals surface area contributed by atoms with Crippen LogP contribution in [-0.4, -0.2) is 81.5 Å². The van der Waals surface area contributed by atoms with Gasteiger partial charge >= 0.3 is 0 Å². The minimum Gasteiger partial charge on any atom is -0.506 e. The van der Waals surface area contributed by atoms with E-state index in [1.54, 1.807) is 24.3 Å². The molecule has 13 heteroatoms. The largest absolute Gasteiger partial charge is 0.506 e. The third kappa shape index (κ3) is 6.23. The topological polar surface area (TPSA) is 205 Å². The first-order chi connectivity index (χ1) is 19.2. The van der Waals surface area contributed by atoms with Gasteiger partial charge in [-0.05, 0) is 44.0 Å². The van der Waals surface area contributed by atoms with E-state index < -0.39 is 6.10 Å². The maximum atomic E-state index is 12.6. The monoisotopic (exact) mass is 548 g/mol. The van der Waals surface area contributed by atoms with Crippen LogP contribution in [0.15, 0.2) is 42.5 Å². The summed E-state index contributed by atoms with van der Waals surface area (Å²) in [6.07, 6.45) is 0.685. The first kappa shape index (κ1) is 27.5. The molecule has 0 unspecified atom stereocenters. The highest BCUT2D eigenvalue weighted by atomic mass is 16.3. The Bertz CT molecular complexity index is 1340. The Morgan fingerprint density at radius 2 is 1.70 bits per heavy atom. The Labute approximate surface area is 232 Å². The van der Waals surface area contributed by atoms with Gasteiger partial charge in [-0.2, -0.15) is 15.0 Å². The summed E-state index contributed by atoms with van der Waals surface area (Å²) in [5, 5.41) is 26.8. The maximum absolute atomic E-state index is 12.6. The molecule has 1 aromatic heterocycles. The molecule has 13 nitrogen and oxygen atoms in total. The summed E-state index contributed by atoms with van der Waals surface area (Å²) in [6.45, 7) is 3.70. The number of aliphatic hydroxyl groups is 1. The number of aliphatic hydroxyl groups excluding tert-OH is 1. The molecule has 3 heterocycles. The summed E-state index contributed by atoms with van der Waals surface area (Å²) in [5.41, 5.74) is 20.7. The molecule has 10 N–H and O–H groups in total. The lowest BCUT2D eigenvalue weighted by molar-refractivity contribution is 0.102. The van der Waals surface area contributed by atoms with E-state index in [-0.39, 0.29) is 41.4 Å². The van der Waals surface area contributed by atoms with Crippen molar-refractivity contribution in [2.75, 3.05) is 46.6 Å². The predicted octanol–water partition coefficient (Wildman–Crippen LogP) is 0.645. The third-order valence-electron chi connectivity index (χ3n) is 7.15. The number of nitrogens with one attached hydrogen (secondary N) is 2. The summed E-state index contributed by atoms with van der Waals surface area (Å²) < 4.78 is 0. The van der Waals surface area contributed by atoms with Crippen molar-refractivity contribution in [3.8, 4) is 5.75 Å². The first-order valence-corrected chi connectivity index (χ1v) is 13.3. The zero-order valence-corrected chi connectivity index (χ0v) is 22.4. The van der Waals surface area contributed by atoms with Crippen LogP contribution in [0.1, 0.15) is 28.8 Å². The number of hydrogen-bond donors (Lipinski definition) is 7. The fourth-order valence-corrected chi connectivity index (χ4v) is 5.13. The average Bonchev–Trinajstić information content (AvgIpc) is 3.30. The highest BCUT2D eigenvalue weighted by Crippen LogP contribution is 2.30. The molecule has 0 bridgehead atoms. The van der Waals surface area contributed by atoms with Crippen LogP contribution in [0, 0.1) is 6.92 Å². The van der Waals surface area contributed by atoms with Crippen molar-refractivity contribution in [1.29, 1.82) is 0 Å². The summed E-state index contributed by atoms with van der Waals surface area (Å²) in [4.78, 5) is 30.3. The number of β-amino-alcohol motifs (C(OH)–C–C–N with tert-alkyl or cyclic N) is 1. The van der Waals surface area contributed by atoms with Gasteiger partial charge in [0.1, 0.15) is 5.75 Å². The summed E-state index contributed by atoms with van der Waals surface area (Å²) >= 11 is 0. The zero-order chi connectivity index (χ0) is 28.4. The van der Waals surface area contributed by atoms with E-state index in [1.165, 1.54) is 6.07 Å². The molecule has 2 aliphatic rings. The van der Waals surface area contributed by atoms with Gasteiger partial charge in [0.05, 0.1) is 11.8 Å². The van der Waals surface area contributed by atoms with Crippen molar-refractivity contribution < 1.29 is 15.0 Å². The molecule has 2 saturated heterocycles. The number of aromatic nitrogens is 3. The van der Waals surface area contributed by atoms with Crippen LogP contribution in [-0.2, 0) is 0 Å². The molecular weight excluding hydrogens is 512 g/mol. The van der Waals surface area contributed by atoms with E-state index in [1.807, 2.05) is 28.9 Å². The van der Waals surface area contributed by atoms with Crippen LogP contribution in [0.4, 0.5) is 29.2 Å². The smallest absolute Gasteiger partial charge is 0.255 e. The number of anilines is 5. The highest BCUT2D eigenvalue weighted by molar-refractivity contribution is 6.05. The lowest BCUT2D eigenvalue weighted by atomic mass is 10.0. The number of amides is 1. The van der Waals surface area contributed by atoms with Gasteiger partial charge in [-0.3, -0.25) is 4.79 Å². The fourth-order valence-electron chi connectivity index (χ4n) is 5.13. The molecule has 0 radical (unpaired) electrons. The lowest BCUT2D eigenvalue weighted by Crippen LogP contribution is -2.53. The normalized spacial score (nSPS) is 22.8. The number of phenolic OH excluding ortho intramolecular Hbond substituents is 1. The van der Waals surface area contributed by atoms with E-state index in [0.717, 1.165) is 5.56 Å². The van der Waals surface area contributed by atoms with Gasteiger partial charge in [0, 0.05) is 61.6 Å². The molecule has 1 amide bonds. The van der Waals surface area contributed by atoms with Gasteiger partial charge in [0.15, 0.2) is 0 Å². The molecule has 3 aromatic rings. The van der Waals surface area contributed by atoms with E-state index in [9.17, 15) is 15.0 Å². The summed E-state index contributed by atoms with van der Waals surface area (Å²) in [6, 6.07) is 11.6. The Kier molecular flexibility index (Phi) is 7.98. The molecule has 4 atom stereocenters. The quantitative estimate of drug-likeness (QED) is 0.203. The van der Waals surface area contributed by atoms with Gasteiger partial charge in [-0.25, -0.2) is 0 Å². The second-order valence-electron chi connectivity index (χ2n) is 10.5. The van der Waals surface area contributed by atoms with E-state index >= 15 is 0 Å². The number of aromatic hydroxyl groups is 1. The number of carbonyl (C=O) groups is 1. The number of nitrogens with zero attached hydrogens (tertiary/aromatic N) is 5. The number of hydrogen-bond acceptors (Lipinski definition) is 12. The van der Waals surface area contributed by atoms with Crippen LogP contribution in [0.3, 0.4) is 0 Å². The fraction of sp³-hybridized carbons (Fsp3) is 0.407. The summed E-state index contributed by atoms with van der Waals surface area (Å²) in [7, 11) is 0. The minimum absolute atomic E-state index is 0.120. The Morgan fingerprint density at radius 1 is 1.00 bits per heavy atom. The van der Waals surface area contributed by atoms with Crippen LogP contribution in [0.5, 0.6) is 5.75 Å². The number of phenols is 1. The van der Waals surface area contributed by atoms with E-state index in [0.29, 0.717) is 62.2 Å². The lowest BCUT2D eigenvalue weighted by Gasteiger charge is -2.35. The molecule has 0 aliphatic carbocycles. The van der Waals surface area contributed by atoms with Gasteiger partial charge in [-0.15, -0.1) is 0 Å². The molecule has 2 aliphatic heterocycles. The van der Waals surface area contributed by atoms with Crippen molar-refractivity contribution >= 4 is 35.1 Å². The van der Waals surface area contributed by atoms with Crippen LogP contribution in [0.2, 0.25) is 0 Å². The Balaban J connectivity index is 1.40. The van der Waals surface area contributed by atoms with Gasteiger partial charge in [0.25, 0.3) is 5.91 Å². The third-order valence-corrected chi connectivity index (χ3v) is 7.15. The number of carbonyl (C=O) groups excluding carboxylic acids is 1. The van der Waals surface area contributed by atoms with Crippen molar-refractivity contribution in [3.63, 3.8) is 0 Å². The predicted molar refractivity (Wildman–Crippen MR) is 154 cm³/mol. The number of nitrogens with two attached hydrogens (primary N) is 3. The van der Waals surface area contributed by atoms with E-state index in [4.69, 9.17) is 22.2 Å². The minimum atomic E-state index is -0.540. The van der Waals surface area contributed by atoms with Gasteiger partial charge in [0.2, 0.25) is 17.8 Å². The maximum Gasteiger partial charge on any atom is 0.255 e. The first-order valence-electron chi connectivity index (χ1n) is 13.3. The van der Waals surface area contributed by atoms with Crippen molar-refractivity contribution in [2.45, 2.75) is 44.0 Å². The number of piperidine rings is 1. The van der Waals surface area contributed by atoms with Gasteiger partial charge in [-0.1, -0.05) is 17.7 Å². The summed E-state index contributed by atoms with van der Waals surface area (Å²) in [5.74, 6) is 0.558. The molecular formula is C27H36N10O3. The molecule has 2 fully saturated rings. The zero-order valence-electron chi connectivity index (χ0n) is 22.4. The molecule has 2 aromatic carbocycles. The van der Waals surface area contributed by atoms with Crippen molar-refractivity contribution in [1.82, 2.24) is 15.0 Å². The molecule has 40 heavy (non-hydrogen) atoms. The molecule has 0 spiro atoms. The number of benzene rings is 2. The standard InChI is InChI=1S/C27H36N10O3/c1-15-2-4-16(5-3-15)24(40)32-22-7-6-19(9-23(22)39)31-25-33-26(36-12-17(29)8-18(30)13-36)35-27(34-25)37-14-21(38)10-20(37)11-28/h2-7,9,17-18,20-21,38-39H,8,10-14,28-30H2,1H3,(H,32,40)(H,31,33,34,35)/t17-,18+,20-,21+/m0/s1. The van der Waals surface area contributed by atoms with Gasteiger partial charge < -0.3 is 47.8 Å². The van der Waals surface area contributed by atoms with Crippen LogP contribution >= 0.6 is 0 Å². The highest BCUT2D eigenvalue weighted by Gasteiger charge is 2.33. The number of aryl methyl sites for hydroxylation is 1. The Hall–Kier alpha value is -4.04. The number of rotatable bonds is 7. The molecule has 212 valence electrons.